The van der Waals surface area contributed by atoms with E-state index in [1.807, 2.05) is 12.1 Å². The van der Waals surface area contributed by atoms with E-state index >= 15 is 0 Å². The highest BCUT2D eigenvalue weighted by Gasteiger charge is 2.13. The molecule has 3 aromatic rings. The molecule has 1 saturated heterocycles. The number of hydrogen-bond donors (Lipinski definition) is 2. The maximum atomic E-state index is 12.5. The Hall–Kier alpha value is -3.91. The second-order valence-electron chi connectivity index (χ2n) is 7.32. The summed E-state index contributed by atoms with van der Waals surface area (Å²) in [6.45, 7) is 3.42. The number of morpholine rings is 1. The molecule has 2 aromatic carbocycles. The maximum absolute atomic E-state index is 12.5. The van der Waals surface area contributed by atoms with E-state index in [1.165, 1.54) is 0 Å². The van der Waals surface area contributed by atoms with E-state index in [0.717, 1.165) is 24.5 Å². The van der Waals surface area contributed by atoms with E-state index in [-0.39, 0.29) is 5.91 Å². The molecule has 2 amide bonds. The van der Waals surface area contributed by atoms with Crippen LogP contribution in [0.2, 0.25) is 0 Å². The SMILES string of the molecule is NC(=O)c1ccc(Oc2ccc(C(=O)NCc3ccnc(N4CCOCC4)c3)cc2)cc1. The molecule has 0 unspecified atom stereocenters. The van der Waals surface area contributed by atoms with Crippen molar-refractivity contribution in [3.63, 3.8) is 0 Å². The summed E-state index contributed by atoms with van der Waals surface area (Å²) in [7, 11) is 0. The van der Waals surface area contributed by atoms with Crippen molar-refractivity contribution < 1.29 is 19.1 Å². The molecule has 0 atom stereocenters. The van der Waals surface area contributed by atoms with Crippen molar-refractivity contribution in [3.8, 4) is 11.5 Å². The Morgan fingerprint density at radius 2 is 1.59 bits per heavy atom. The van der Waals surface area contributed by atoms with Gasteiger partial charge >= 0.3 is 0 Å². The van der Waals surface area contributed by atoms with E-state index in [4.69, 9.17) is 15.2 Å². The van der Waals surface area contributed by atoms with Gasteiger partial charge in [0.1, 0.15) is 17.3 Å². The van der Waals surface area contributed by atoms with Gasteiger partial charge in [0.05, 0.1) is 13.2 Å². The van der Waals surface area contributed by atoms with Crippen LogP contribution in [-0.2, 0) is 11.3 Å². The third-order valence-electron chi connectivity index (χ3n) is 5.09. The Kier molecular flexibility index (Phi) is 6.62. The van der Waals surface area contributed by atoms with Crippen LogP contribution in [-0.4, -0.2) is 43.1 Å². The topological polar surface area (TPSA) is 107 Å². The van der Waals surface area contributed by atoms with Crippen molar-refractivity contribution in [2.45, 2.75) is 6.54 Å². The van der Waals surface area contributed by atoms with Gasteiger partial charge in [0.25, 0.3) is 5.91 Å². The van der Waals surface area contributed by atoms with Crippen LogP contribution in [0.1, 0.15) is 26.3 Å². The summed E-state index contributed by atoms with van der Waals surface area (Å²) in [5.74, 6) is 1.38. The van der Waals surface area contributed by atoms with Crippen molar-refractivity contribution in [3.05, 3.63) is 83.6 Å². The number of carbonyl (C=O) groups excluding carboxylic acids is 2. The molecular weight excluding hydrogens is 408 g/mol. The second kappa shape index (κ2) is 9.93. The number of nitrogens with one attached hydrogen (secondary N) is 1. The zero-order valence-electron chi connectivity index (χ0n) is 17.5. The number of ether oxygens (including phenoxy) is 2. The van der Waals surface area contributed by atoms with Gasteiger partial charge in [0.15, 0.2) is 0 Å². The molecule has 8 heteroatoms. The van der Waals surface area contributed by atoms with Gasteiger partial charge in [-0.2, -0.15) is 0 Å². The van der Waals surface area contributed by atoms with Gasteiger partial charge in [-0.3, -0.25) is 9.59 Å². The minimum absolute atomic E-state index is 0.174. The number of pyridine rings is 1. The minimum atomic E-state index is -0.490. The number of benzene rings is 2. The number of amides is 2. The molecule has 0 spiro atoms. The molecular formula is C24H24N4O4. The van der Waals surface area contributed by atoms with Crippen LogP contribution in [0.15, 0.2) is 66.9 Å². The largest absolute Gasteiger partial charge is 0.457 e. The predicted octanol–water partition coefficient (Wildman–Crippen LogP) is 2.74. The number of nitrogens with two attached hydrogens (primary N) is 1. The van der Waals surface area contributed by atoms with Gasteiger partial charge in [0, 0.05) is 37.0 Å². The first-order chi connectivity index (χ1) is 15.6. The molecule has 1 aromatic heterocycles. The minimum Gasteiger partial charge on any atom is -0.457 e. The Morgan fingerprint density at radius 1 is 0.969 bits per heavy atom. The van der Waals surface area contributed by atoms with Crippen LogP contribution in [0.4, 0.5) is 5.82 Å². The van der Waals surface area contributed by atoms with E-state index < -0.39 is 5.91 Å². The molecule has 0 saturated carbocycles. The molecule has 164 valence electrons. The summed E-state index contributed by atoms with van der Waals surface area (Å²) in [6.07, 6.45) is 1.76. The molecule has 2 heterocycles. The van der Waals surface area contributed by atoms with Gasteiger partial charge in [0.2, 0.25) is 5.91 Å². The average molecular weight is 432 g/mol. The van der Waals surface area contributed by atoms with Gasteiger partial charge in [-0.15, -0.1) is 0 Å². The quantitative estimate of drug-likeness (QED) is 0.595. The Balaban J connectivity index is 1.32. The van der Waals surface area contributed by atoms with E-state index in [0.29, 0.717) is 42.4 Å². The average Bonchev–Trinajstić information content (AvgIpc) is 2.84. The number of carbonyl (C=O) groups is 2. The fourth-order valence-corrected chi connectivity index (χ4v) is 3.32. The molecule has 1 fully saturated rings. The first-order valence-corrected chi connectivity index (χ1v) is 10.3. The third-order valence-corrected chi connectivity index (χ3v) is 5.09. The van der Waals surface area contributed by atoms with Crippen LogP contribution in [0.5, 0.6) is 11.5 Å². The molecule has 0 radical (unpaired) electrons. The summed E-state index contributed by atoms with van der Waals surface area (Å²) in [5.41, 5.74) is 7.16. The highest BCUT2D eigenvalue weighted by molar-refractivity contribution is 5.94. The van der Waals surface area contributed by atoms with E-state index in [1.54, 1.807) is 54.7 Å². The molecule has 1 aliphatic heterocycles. The molecule has 32 heavy (non-hydrogen) atoms. The molecule has 0 bridgehead atoms. The monoisotopic (exact) mass is 432 g/mol. The summed E-state index contributed by atoms with van der Waals surface area (Å²) in [5, 5.41) is 2.94. The van der Waals surface area contributed by atoms with Crippen LogP contribution in [0.3, 0.4) is 0 Å². The zero-order valence-corrected chi connectivity index (χ0v) is 17.5. The number of nitrogens with zero attached hydrogens (tertiary/aromatic N) is 2. The predicted molar refractivity (Wildman–Crippen MR) is 120 cm³/mol. The van der Waals surface area contributed by atoms with E-state index in [2.05, 4.69) is 15.2 Å². The van der Waals surface area contributed by atoms with Gasteiger partial charge in [-0.25, -0.2) is 4.98 Å². The van der Waals surface area contributed by atoms with Crippen molar-refractivity contribution in [1.29, 1.82) is 0 Å². The number of aromatic nitrogens is 1. The second-order valence-corrected chi connectivity index (χ2v) is 7.32. The van der Waals surface area contributed by atoms with Crippen LogP contribution >= 0.6 is 0 Å². The first kappa shape index (κ1) is 21.3. The van der Waals surface area contributed by atoms with Crippen LogP contribution in [0, 0.1) is 0 Å². The van der Waals surface area contributed by atoms with Crippen molar-refractivity contribution in [1.82, 2.24) is 10.3 Å². The lowest BCUT2D eigenvalue weighted by atomic mass is 10.2. The smallest absolute Gasteiger partial charge is 0.251 e. The lowest BCUT2D eigenvalue weighted by Crippen LogP contribution is -2.36. The highest BCUT2D eigenvalue weighted by Crippen LogP contribution is 2.22. The fourth-order valence-electron chi connectivity index (χ4n) is 3.32. The number of primary amides is 1. The number of anilines is 1. The zero-order chi connectivity index (χ0) is 22.3. The molecule has 1 aliphatic rings. The number of hydrogen-bond acceptors (Lipinski definition) is 6. The molecule has 4 rings (SSSR count). The third kappa shape index (κ3) is 5.41. The summed E-state index contributed by atoms with van der Waals surface area (Å²) >= 11 is 0. The highest BCUT2D eigenvalue weighted by atomic mass is 16.5. The maximum Gasteiger partial charge on any atom is 0.251 e. The van der Waals surface area contributed by atoms with Gasteiger partial charge in [-0.1, -0.05) is 0 Å². The molecule has 0 aliphatic carbocycles. The summed E-state index contributed by atoms with van der Waals surface area (Å²) in [6, 6.07) is 17.3. The normalized spacial score (nSPS) is 13.4. The summed E-state index contributed by atoms with van der Waals surface area (Å²) in [4.78, 5) is 30.3. The Labute approximate surface area is 186 Å². The number of rotatable bonds is 7. The lowest BCUT2D eigenvalue weighted by molar-refractivity contribution is 0.0949. The van der Waals surface area contributed by atoms with Gasteiger partial charge in [-0.05, 0) is 66.2 Å². The lowest BCUT2D eigenvalue weighted by Gasteiger charge is -2.28. The molecule has 3 N–H and O–H groups in total. The fraction of sp³-hybridized carbons (Fsp3) is 0.208. The standard InChI is InChI=1S/C24H24N4O4/c25-23(29)18-1-5-20(6-2-18)32-21-7-3-19(4-8-21)24(30)27-16-17-9-10-26-22(15-17)28-11-13-31-14-12-28/h1-10,15H,11-14,16H2,(H2,25,29)(H,27,30). The van der Waals surface area contributed by atoms with Crippen molar-refractivity contribution in [2.75, 3.05) is 31.2 Å². The van der Waals surface area contributed by atoms with Crippen LogP contribution in [0.25, 0.3) is 0 Å². The Morgan fingerprint density at radius 3 is 2.22 bits per heavy atom. The summed E-state index contributed by atoms with van der Waals surface area (Å²) < 4.78 is 11.1. The Bertz CT molecular complexity index is 1080. The first-order valence-electron chi connectivity index (χ1n) is 10.3. The molecule has 8 nitrogen and oxygen atoms in total. The van der Waals surface area contributed by atoms with Crippen LogP contribution < -0.4 is 20.7 Å². The van der Waals surface area contributed by atoms with Crippen molar-refractivity contribution in [2.24, 2.45) is 5.73 Å². The van der Waals surface area contributed by atoms with E-state index in [9.17, 15) is 9.59 Å². The van der Waals surface area contributed by atoms with Crippen molar-refractivity contribution >= 4 is 17.6 Å². The van der Waals surface area contributed by atoms with Gasteiger partial charge < -0.3 is 25.4 Å².